The van der Waals surface area contributed by atoms with Crippen LogP contribution in [0.3, 0.4) is 0 Å². The predicted octanol–water partition coefficient (Wildman–Crippen LogP) is 4.41. The molecular weight excluding hydrogens is 418 g/mol. The fourth-order valence-electron chi connectivity index (χ4n) is 3.30. The van der Waals surface area contributed by atoms with Gasteiger partial charge in [0, 0.05) is 22.9 Å². The van der Waals surface area contributed by atoms with E-state index in [0.29, 0.717) is 27.8 Å². The lowest BCUT2D eigenvalue weighted by atomic mass is 10.0. The van der Waals surface area contributed by atoms with Crippen LogP contribution in [0.25, 0.3) is 17.3 Å². The summed E-state index contributed by atoms with van der Waals surface area (Å²) in [4.78, 5) is 10.8. The second-order valence-corrected chi connectivity index (χ2v) is 7.52. The van der Waals surface area contributed by atoms with E-state index >= 15 is 0 Å². The average molecular weight is 437 g/mol. The number of aromatic amines is 1. The summed E-state index contributed by atoms with van der Waals surface area (Å²) in [7, 11) is 0. The van der Waals surface area contributed by atoms with Gasteiger partial charge in [-0.1, -0.05) is 0 Å². The van der Waals surface area contributed by atoms with Crippen LogP contribution >= 0.6 is 12.2 Å². The number of hydrogen-bond acceptors (Lipinski definition) is 7. The van der Waals surface area contributed by atoms with Crippen molar-refractivity contribution in [1.82, 2.24) is 24.7 Å². The van der Waals surface area contributed by atoms with Gasteiger partial charge in [0.15, 0.2) is 0 Å². The Labute approximate surface area is 182 Å². The molecule has 0 saturated heterocycles. The van der Waals surface area contributed by atoms with E-state index in [1.54, 1.807) is 35.9 Å². The van der Waals surface area contributed by atoms with Gasteiger partial charge in [0.2, 0.25) is 4.77 Å². The molecule has 4 rings (SSSR count). The van der Waals surface area contributed by atoms with Gasteiger partial charge in [-0.15, -0.1) is 5.10 Å². The second-order valence-electron chi connectivity index (χ2n) is 7.14. The van der Waals surface area contributed by atoms with E-state index in [1.807, 2.05) is 26.8 Å². The molecule has 0 unspecified atom stereocenters. The van der Waals surface area contributed by atoms with Crippen molar-refractivity contribution in [2.24, 2.45) is 5.10 Å². The maximum Gasteiger partial charge on any atom is 0.272 e. The molecule has 0 bridgehead atoms. The second kappa shape index (κ2) is 7.76. The SMILES string of the molecule is Cc1cc(C)n(-c2n[nH]c(=S)n2/N=C\c2ccc(-c3cc(C)c([N+](=O)[O-])cc3C)o2)n1. The molecule has 0 radical (unpaired) electrons. The molecule has 1 N–H and O–H groups in total. The van der Waals surface area contributed by atoms with E-state index < -0.39 is 0 Å². The van der Waals surface area contributed by atoms with Gasteiger partial charge in [0.1, 0.15) is 11.5 Å². The van der Waals surface area contributed by atoms with Crippen molar-refractivity contribution in [3.63, 3.8) is 0 Å². The van der Waals surface area contributed by atoms with Gasteiger partial charge < -0.3 is 4.42 Å². The normalized spacial score (nSPS) is 11.5. The Hall–Kier alpha value is -3.86. The minimum Gasteiger partial charge on any atom is -0.455 e. The molecule has 3 heterocycles. The standard InChI is InChI=1S/C20H19N7O3S/c1-11-8-17(27(28)29)12(2)7-16(11)18-6-5-15(30-18)10-21-26-19(22-23-20(26)31)25-14(4)9-13(3)24-25/h5-10H,1-4H3,(H,23,31)/b21-10-. The lowest BCUT2D eigenvalue weighted by Gasteiger charge is -2.05. The zero-order valence-electron chi connectivity index (χ0n) is 17.3. The lowest BCUT2D eigenvalue weighted by molar-refractivity contribution is -0.385. The Morgan fingerprint density at radius 1 is 1.19 bits per heavy atom. The number of furan rings is 1. The average Bonchev–Trinajstić information content (AvgIpc) is 3.40. The van der Waals surface area contributed by atoms with Gasteiger partial charge in [-0.3, -0.25) is 10.1 Å². The smallest absolute Gasteiger partial charge is 0.272 e. The van der Waals surface area contributed by atoms with Gasteiger partial charge in [-0.2, -0.15) is 14.9 Å². The maximum absolute atomic E-state index is 11.1. The molecule has 10 nitrogen and oxygen atoms in total. The number of nitrogens with one attached hydrogen (secondary N) is 1. The van der Waals surface area contributed by atoms with Gasteiger partial charge in [0.05, 0.1) is 16.8 Å². The molecule has 0 saturated carbocycles. The molecule has 0 spiro atoms. The topological polar surface area (TPSA) is 120 Å². The van der Waals surface area contributed by atoms with E-state index in [1.165, 1.54) is 10.9 Å². The van der Waals surface area contributed by atoms with Crippen molar-refractivity contribution in [2.45, 2.75) is 27.7 Å². The summed E-state index contributed by atoms with van der Waals surface area (Å²) in [5.74, 6) is 1.51. The molecule has 31 heavy (non-hydrogen) atoms. The van der Waals surface area contributed by atoms with Gasteiger partial charge >= 0.3 is 0 Å². The number of rotatable bonds is 5. The highest BCUT2D eigenvalue weighted by Crippen LogP contribution is 2.31. The van der Waals surface area contributed by atoms with Crippen LogP contribution in [-0.4, -0.2) is 35.8 Å². The molecule has 0 aliphatic carbocycles. The number of benzene rings is 1. The highest BCUT2D eigenvalue weighted by atomic mass is 32.1. The Balaban J connectivity index is 1.66. The summed E-state index contributed by atoms with van der Waals surface area (Å²) in [5.41, 5.74) is 3.93. The highest BCUT2D eigenvalue weighted by molar-refractivity contribution is 7.71. The summed E-state index contributed by atoms with van der Waals surface area (Å²) < 4.78 is 9.32. The van der Waals surface area contributed by atoms with Crippen molar-refractivity contribution >= 4 is 24.1 Å². The summed E-state index contributed by atoms with van der Waals surface area (Å²) in [5, 5.41) is 26.9. The number of aromatic nitrogens is 5. The summed E-state index contributed by atoms with van der Waals surface area (Å²) >= 11 is 5.29. The van der Waals surface area contributed by atoms with E-state index in [0.717, 1.165) is 22.5 Å². The lowest BCUT2D eigenvalue weighted by Crippen LogP contribution is -2.07. The van der Waals surface area contributed by atoms with Gasteiger partial charge in [-0.05, 0) is 69.7 Å². The first-order valence-electron chi connectivity index (χ1n) is 9.36. The van der Waals surface area contributed by atoms with Crippen molar-refractivity contribution in [3.8, 4) is 17.3 Å². The van der Waals surface area contributed by atoms with E-state index in [-0.39, 0.29) is 10.6 Å². The molecular formula is C20H19N7O3S. The number of aryl methyl sites for hydroxylation is 4. The summed E-state index contributed by atoms with van der Waals surface area (Å²) in [6, 6.07) is 8.79. The van der Waals surface area contributed by atoms with Crippen LogP contribution in [0.2, 0.25) is 0 Å². The zero-order valence-corrected chi connectivity index (χ0v) is 18.1. The van der Waals surface area contributed by atoms with Crippen molar-refractivity contribution in [3.05, 3.63) is 73.5 Å². The molecule has 1 aromatic carbocycles. The molecule has 0 amide bonds. The predicted molar refractivity (Wildman–Crippen MR) is 117 cm³/mol. The largest absolute Gasteiger partial charge is 0.455 e. The van der Waals surface area contributed by atoms with Gasteiger partial charge in [-0.25, -0.2) is 9.78 Å². The van der Waals surface area contributed by atoms with Crippen LogP contribution in [0, 0.1) is 42.6 Å². The first-order chi connectivity index (χ1) is 14.7. The maximum atomic E-state index is 11.1. The molecule has 4 aromatic rings. The van der Waals surface area contributed by atoms with E-state index in [2.05, 4.69) is 20.4 Å². The van der Waals surface area contributed by atoms with Crippen molar-refractivity contribution < 1.29 is 9.34 Å². The van der Waals surface area contributed by atoms with Crippen LogP contribution < -0.4 is 0 Å². The Morgan fingerprint density at radius 3 is 2.65 bits per heavy atom. The third-order valence-corrected chi connectivity index (χ3v) is 5.03. The molecule has 0 atom stereocenters. The highest BCUT2D eigenvalue weighted by Gasteiger charge is 2.16. The van der Waals surface area contributed by atoms with E-state index in [4.69, 9.17) is 16.6 Å². The summed E-state index contributed by atoms with van der Waals surface area (Å²) in [6.45, 7) is 7.32. The quantitative estimate of drug-likeness (QED) is 0.214. The third-order valence-electron chi connectivity index (χ3n) is 4.76. The third kappa shape index (κ3) is 3.82. The van der Waals surface area contributed by atoms with Crippen LogP contribution in [0.1, 0.15) is 28.3 Å². The molecule has 3 aromatic heterocycles. The number of nitro benzene ring substituents is 1. The molecule has 0 aliphatic heterocycles. The van der Waals surface area contributed by atoms with Crippen LogP contribution in [0.4, 0.5) is 5.69 Å². The van der Waals surface area contributed by atoms with Crippen LogP contribution in [0.15, 0.2) is 39.9 Å². The van der Waals surface area contributed by atoms with Crippen molar-refractivity contribution in [1.29, 1.82) is 0 Å². The zero-order chi connectivity index (χ0) is 22.3. The minimum absolute atomic E-state index is 0.0839. The van der Waals surface area contributed by atoms with E-state index in [9.17, 15) is 10.1 Å². The monoisotopic (exact) mass is 437 g/mol. The summed E-state index contributed by atoms with van der Waals surface area (Å²) in [6.07, 6.45) is 1.53. The minimum atomic E-state index is -0.388. The van der Waals surface area contributed by atoms with Crippen LogP contribution in [-0.2, 0) is 0 Å². The molecule has 11 heteroatoms. The molecule has 0 aliphatic rings. The Kier molecular flexibility index (Phi) is 5.11. The number of H-pyrrole nitrogens is 1. The fraction of sp³-hybridized carbons (Fsp3) is 0.200. The first-order valence-corrected chi connectivity index (χ1v) is 9.76. The Morgan fingerprint density at radius 2 is 1.97 bits per heavy atom. The number of hydrogen-bond donors (Lipinski definition) is 1. The van der Waals surface area contributed by atoms with Gasteiger partial charge in [0.25, 0.3) is 11.6 Å². The first kappa shape index (κ1) is 20.4. The molecule has 0 fully saturated rings. The number of nitro groups is 1. The van der Waals surface area contributed by atoms with Crippen molar-refractivity contribution in [2.75, 3.05) is 0 Å². The van der Waals surface area contributed by atoms with Crippen LogP contribution in [0.5, 0.6) is 0 Å². The molecule has 158 valence electrons. The Bertz CT molecular complexity index is 1390. The number of nitrogens with zero attached hydrogens (tertiary/aromatic N) is 6. The fourth-order valence-corrected chi connectivity index (χ4v) is 3.48.